The van der Waals surface area contributed by atoms with E-state index in [9.17, 15) is 14.9 Å². The van der Waals surface area contributed by atoms with Crippen molar-refractivity contribution in [3.8, 4) is 5.75 Å². The molecular weight excluding hydrogens is 409 g/mol. The predicted molar refractivity (Wildman–Crippen MR) is 121 cm³/mol. The van der Waals surface area contributed by atoms with Gasteiger partial charge in [-0.2, -0.15) is 5.10 Å². The lowest BCUT2D eigenvalue weighted by molar-refractivity contribution is -0.114. The number of carbonyl (C=O) groups excluding carboxylic acids is 1. The maximum Gasteiger partial charge on any atom is 0.474 e. The van der Waals surface area contributed by atoms with Crippen LogP contribution in [0.2, 0.25) is 0 Å². The Labute approximate surface area is 184 Å². The molecule has 1 aliphatic heterocycles. The van der Waals surface area contributed by atoms with Gasteiger partial charge in [-0.3, -0.25) is 4.79 Å². The van der Waals surface area contributed by atoms with Crippen LogP contribution in [0.4, 0.5) is 11.6 Å². The summed E-state index contributed by atoms with van der Waals surface area (Å²) in [7, 11) is -1.15. The van der Waals surface area contributed by atoms with Gasteiger partial charge in [0.15, 0.2) is 0 Å². The molecule has 1 amide bonds. The Kier molecular flexibility index (Phi) is 5.46. The van der Waals surface area contributed by atoms with Gasteiger partial charge in [-0.25, -0.2) is 14.9 Å². The number of para-hydroxylation sites is 1. The van der Waals surface area contributed by atoms with E-state index in [1.54, 1.807) is 18.3 Å². The third-order valence-electron chi connectivity index (χ3n) is 5.82. The van der Waals surface area contributed by atoms with E-state index in [4.69, 9.17) is 4.74 Å². The van der Waals surface area contributed by atoms with Crippen molar-refractivity contribution >= 4 is 47.7 Å². The number of amides is 1. The highest BCUT2D eigenvalue weighted by Gasteiger charge is 2.29. The van der Waals surface area contributed by atoms with Crippen LogP contribution >= 0.6 is 0 Å². The van der Waals surface area contributed by atoms with Crippen LogP contribution in [-0.2, 0) is 4.79 Å². The second kappa shape index (κ2) is 8.56. The van der Waals surface area contributed by atoms with Crippen LogP contribution in [0.25, 0.3) is 10.9 Å². The highest BCUT2D eigenvalue weighted by molar-refractivity contribution is 6.67. The number of nitrogens with one attached hydrogen (secondary N) is 1. The van der Waals surface area contributed by atoms with Crippen LogP contribution in [0.5, 0.6) is 5.75 Å². The lowest BCUT2D eigenvalue weighted by Crippen LogP contribution is -2.49. The molecule has 0 spiro atoms. The number of fused-ring (bicyclic) bond motifs is 2. The first-order valence-corrected chi connectivity index (χ1v) is 10.6. The van der Waals surface area contributed by atoms with Crippen LogP contribution < -0.4 is 15.5 Å². The number of aliphatic hydroxyl groups excluding tert-OH is 1. The molecule has 10 heteroatoms. The first-order chi connectivity index (χ1) is 15.6. The minimum Gasteiger partial charge on any atom is -0.488 e. The molecule has 2 aliphatic rings. The normalized spacial score (nSPS) is 20.2. The van der Waals surface area contributed by atoms with Crippen molar-refractivity contribution < 1.29 is 19.7 Å². The lowest BCUT2D eigenvalue weighted by atomic mass is 9.70. The zero-order chi connectivity index (χ0) is 22.1. The number of hydrogen-bond donors (Lipinski definition) is 3. The lowest BCUT2D eigenvalue weighted by Gasteiger charge is -2.26. The van der Waals surface area contributed by atoms with Crippen molar-refractivity contribution in [1.29, 1.82) is 0 Å². The Morgan fingerprint density at radius 1 is 1.19 bits per heavy atom. The fourth-order valence-electron chi connectivity index (χ4n) is 4.07. The summed E-state index contributed by atoms with van der Waals surface area (Å²) in [5, 5.41) is 28.0. The molecule has 0 bridgehead atoms. The summed E-state index contributed by atoms with van der Waals surface area (Å²) in [6, 6.07) is 11.1. The van der Waals surface area contributed by atoms with Crippen LogP contribution in [0.1, 0.15) is 31.2 Å². The van der Waals surface area contributed by atoms with Gasteiger partial charge in [-0.15, -0.1) is 0 Å². The number of carbonyl (C=O) groups is 1. The molecule has 0 saturated heterocycles. The summed E-state index contributed by atoms with van der Waals surface area (Å²) in [6.45, 7) is 0. The molecule has 0 radical (unpaired) electrons. The van der Waals surface area contributed by atoms with E-state index >= 15 is 0 Å². The van der Waals surface area contributed by atoms with Crippen molar-refractivity contribution in [2.24, 2.45) is 5.10 Å². The number of rotatable bonds is 5. The van der Waals surface area contributed by atoms with E-state index < -0.39 is 7.05 Å². The number of aromatic nitrogens is 2. The van der Waals surface area contributed by atoms with E-state index in [2.05, 4.69) is 20.4 Å². The predicted octanol–water partition coefficient (Wildman–Crippen LogP) is 1.55. The third-order valence-corrected chi connectivity index (χ3v) is 5.82. The third kappa shape index (κ3) is 4.02. The molecule has 2 heterocycles. The second-order valence-corrected chi connectivity index (χ2v) is 8.01. The number of aliphatic hydroxyl groups is 1. The molecule has 0 atom stereocenters. The maximum absolute atomic E-state index is 11.1. The second-order valence-electron chi connectivity index (χ2n) is 8.01. The fourth-order valence-corrected chi connectivity index (χ4v) is 4.07. The smallest absolute Gasteiger partial charge is 0.474 e. The SMILES string of the molecule is O=CN1N=Cc2ccc(Nc3ncc4cccc(OC5CCC(O)CC5)c4n3)cc2B1O. The first-order valence-electron chi connectivity index (χ1n) is 10.6. The Morgan fingerprint density at radius 3 is 2.84 bits per heavy atom. The van der Waals surface area contributed by atoms with Crippen LogP contribution in [-0.4, -0.2) is 56.9 Å². The average molecular weight is 431 g/mol. The largest absolute Gasteiger partial charge is 0.488 e. The molecule has 3 N–H and O–H groups in total. The van der Waals surface area contributed by atoms with E-state index in [1.165, 1.54) is 6.21 Å². The minimum absolute atomic E-state index is 0.0555. The van der Waals surface area contributed by atoms with Gasteiger partial charge in [0.1, 0.15) is 11.3 Å². The van der Waals surface area contributed by atoms with Crippen LogP contribution in [0.15, 0.2) is 47.7 Å². The number of hydrazone groups is 1. The maximum atomic E-state index is 11.1. The average Bonchev–Trinajstić information content (AvgIpc) is 2.81. The van der Waals surface area contributed by atoms with Gasteiger partial charge in [0.25, 0.3) is 0 Å². The van der Waals surface area contributed by atoms with Gasteiger partial charge in [0, 0.05) is 17.3 Å². The van der Waals surface area contributed by atoms with Gasteiger partial charge in [0.2, 0.25) is 12.4 Å². The van der Waals surface area contributed by atoms with E-state index in [0.29, 0.717) is 34.8 Å². The Bertz CT molecular complexity index is 1180. The number of hydrogen-bond acceptors (Lipinski definition) is 8. The molecule has 1 aromatic heterocycles. The van der Waals surface area contributed by atoms with Gasteiger partial charge in [-0.05, 0) is 54.9 Å². The molecule has 0 unspecified atom stereocenters. The topological polar surface area (TPSA) is 120 Å². The molecule has 1 saturated carbocycles. The highest BCUT2D eigenvalue weighted by Crippen LogP contribution is 2.29. The van der Waals surface area contributed by atoms with Gasteiger partial charge in [0.05, 0.1) is 18.4 Å². The summed E-state index contributed by atoms with van der Waals surface area (Å²) >= 11 is 0. The van der Waals surface area contributed by atoms with Gasteiger partial charge >= 0.3 is 7.05 Å². The quantitative estimate of drug-likeness (QED) is 0.414. The van der Waals surface area contributed by atoms with Gasteiger partial charge < -0.3 is 20.2 Å². The Balaban J connectivity index is 1.40. The van der Waals surface area contributed by atoms with Crippen molar-refractivity contribution in [3.05, 3.63) is 48.2 Å². The van der Waals surface area contributed by atoms with E-state index in [0.717, 1.165) is 41.6 Å². The summed E-state index contributed by atoms with van der Waals surface area (Å²) in [5.41, 5.74) is 2.66. The van der Waals surface area contributed by atoms with Crippen molar-refractivity contribution in [2.45, 2.75) is 37.9 Å². The molecule has 2 aromatic carbocycles. The summed E-state index contributed by atoms with van der Waals surface area (Å²) in [5.74, 6) is 1.08. The van der Waals surface area contributed by atoms with Gasteiger partial charge in [-0.1, -0.05) is 18.2 Å². The highest BCUT2D eigenvalue weighted by atomic mass is 16.5. The van der Waals surface area contributed by atoms with Crippen molar-refractivity contribution in [1.82, 2.24) is 14.9 Å². The number of nitrogens with zero attached hydrogens (tertiary/aromatic N) is 4. The van der Waals surface area contributed by atoms with E-state index in [-0.39, 0.29) is 12.2 Å². The molecule has 3 aromatic rings. The van der Waals surface area contributed by atoms with Crippen LogP contribution in [0.3, 0.4) is 0 Å². The fraction of sp³-hybridized carbons (Fsp3) is 0.273. The number of benzene rings is 2. The number of ether oxygens (including phenoxy) is 1. The molecular formula is C22H22BN5O4. The molecule has 5 rings (SSSR count). The molecule has 1 aliphatic carbocycles. The van der Waals surface area contributed by atoms with Crippen LogP contribution in [0, 0.1) is 0 Å². The minimum atomic E-state index is -1.15. The molecule has 32 heavy (non-hydrogen) atoms. The Morgan fingerprint density at radius 2 is 2.03 bits per heavy atom. The monoisotopic (exact) mass is 431 g/mol. The first kappa shape index (κ1) is 20.4. The van der Waals surface area contributed by atoms with Crippen molar-refractivity contribution in [3.63, 3.8) is 0 Å². The van der Waals surface area contributed by atoms with E-state index in [1.807, 2.05) is 24.3 Å². The summed E-state index contributed by atoms with van der Waals surface area (Å²) < 4.78 is 6.22. The molecule has 162 valence electrons. The molecule has 9 nitrogen and oxygen atoms in total. The molecule has 1 fully saturated rings. The zero-order valence-electron chi connectivity index (χ0n) is 17.3. The number of anilines is 2. The summed E-state index contributed by atoms with van der Waals surface area (Å²) in [4.78, 5) is 21.1. The van der Waals surface area contributed by atoms with Crippen molar-refractivity contribution in [2.75, 3.05) is 5.32 Å². The summed E-state index contributed by atoms with van der Waals surface area (Å²) in [6.07, 6.45) is 6.67. The Hall–Kier alpha value is -3.50. The zero-order valence-corrected chi connectivity index (χ0v) is 17.3. The standard InChI is InChI=1S/C22H22BN5O4/c29-13-28-23(31)19-10-16(5-4-14(19)12-25-28)26-22-24-11-15-2-1-3-20(21(15)27-22)32-18-8-6-17(30)7-9-18/h1-5,10-13,17-18,30-31H,6-9H2,(H,24,26,27).